The number of hydrogen-bond donors (Lipinski definition) is 1. The molecule has 1 N–H and O–H groups in total. The first-order chi connectivity index (χ1) is 8.56. The van der Waals surface area contributed by atoms with E-state index in [0.29, 0.717) is 11.9 Å². The van der Waals surface area contributed by atoms with Gasteiger partial charge < -0.3 is 10.2 Å². The lowest BCUT2D eigenvalue weighted by Crippen LogP contribution is -2.39. The Morgan fingerprint density at radius 3 is 2.94 bits per heavy atom. The van der Waals surface area contributed by atoms with Crippen molar-refractivity contribution in [1.29, 1.82) is 0 Å². The maximum absolute atomic E-state index is 11.5. The summed E-state index contributed by atoms with van der Waals surface area (Å²) in [5, 5.41) is 3.48. The summed E-state index contributed by atoms with van der Waals surface area (Å²) in [6.45, 7) is 6.88. The molecule has 1 amide bonds. The van der Waals surface area contributed by atoms with E-state index >= 15 is 0 Å². The van der Waals surface area contributed by atoms with Crippen LogP contribution in [0.5, 0.6) is 0 Å². The van der Waals surface area contributed by atoms with Gasteiger partial charge in [0.25, 0.3) is 0 Å². The SMILES string of the molecule is Cc1sc(CNC(C)CN2CCCC2=O)cc1Br. The number of halogens is 1. The molecule has 0 saturated carbocycles. The highest BCUT2D eigenvalue weighted by Gasteiger charge is 2.21. The Hall–Kier alpha value is -0.390. The molecule has 1 aromatic heterocycles. The zero-order valence-electron chi connectivity index (χ0n) is 10.8. The van der Waals surface area contributed by atoms with Gasteiger partial charge >= 0.3 is 0 Å². The molecule has 3 nitrogen and oxygen atoms in total. The first kappa shape index (κ1) is 14.0. The summed E-state index contributed by atoms with van der Waals surface area (Å²) in [5.41, 5.74) is 0. The minimum absolute atomic E-state index is 0.304. The summed E-state index contributed by atoms with van der Waals surface area (Å²) in [6.07, 6.45) is 1.74. The highest BCUT2D eigenvalue weighted by Crippen LogP contribution is 2.26. The molecular formula is C13H19BrN2OS. The largest absolute Gasteiger partial charge is 0.341 e. The van der Waals surface area contributed by atoms with Gasteiger partial charge in [0.2, 0.25) is 5.91 Å². The number of nitrogens with one attached hydrogen (secondary N) is 1. The molecule has 0 aliphatic carbocycles. The molecule has 0 spiro atoms. The highest BCUT2D eigenvalue weighted by molar-refractivity contribution is 9.10. The molecule has 100 valence electrons. The third kappa shape index (κ3) is 3.56. The van der Waals surface area contributed by atoms with Crippen molar-refractivity contribution in [3.05, 3.63) is 20.3 Å². The molecule has 1 saturated heterocycles. The van der Waals surface area contributed by atoms with Crippen LogP contribution in [0.25, 0.3) is 0 Å². The molecular weight excluding hydrogens is 312 g/mol. The average Bonchev–Trinajstić information content (AvgIpc) is 2.85. The molecule has 0 radical (unpaired) electrons. The van der Waals surface area contributed by atoms with Crippen molar-refractivity contribution < 1.29 is 4.79 Å². The van der Waals surface area contributed by atoms with Crippen LogP contribution in [0.1, 0.15) is 29.5 Å². The van der Waals surface area contributed by atoms with Crippen molar-refractivity contribution in [2.75, 3.05) is 13.1 Å². The lowest BCUT2D eigenvalue weighted by Gasteiger charge is -2.21. The quantitative estimate of drug-likeness (QED) is 0.900. The Kier molecular flexibility index (Phi) is 4.81. The molecule has 1 aliphatic rings. The van der Waals surface area contributed by atoms with Gasteiger partial charge in [-0.05, 0) is 42.3 Å². The van der Waals surface area contributed by atoms with Crippen LogP contribution in [0.3, 0.4) is 0 Å². The number of likely N-dealkylation sites (tertiary alicyclic amines) is 1. The van der Waals surface area contributed by atoms with E-state index in [-0.39, 0.29) is 0 Å². The van der Waals surface area contributed by atoms with Crippen molar-refractivity contribution >= 4 is 33.2 Å². The van der Waals surface area contributed by atoms with Gasteiger partial charge in [0.05, 0.1) is 0 Å². The Bertz CT molecular complexity index is 413. The van der Waals surface area contributed by atoms with Gasteiger partial charge in [0.15, 0.2) is 0 Å². The van der Waals surface area contributed by atoms with Crippen LogP contribution >= 0.6 is 27.3 Å². The van der Waals surface area contributed by atoms with Crippen LogP contribution in [-0.2, 0) is 11.3 Å². The predicted molar refractivity (Wildman–Crippen MR) is 78.9 cm³/mol. The number of rotatable bonds is 5. The molecule has 1 atom stereocenters. The molecule has 0 aromatic carbocycles. The van der Waals surface area contributed by atoms with Gasteiger partial charge in [-0.25, -0.2) is 0 Å². The summed E-state index contributed by atoms with van der Waals surface area (Å²) in [7, 11) is 0. The number of aryl methyl sites for hydroxylation is 1. The van der Waals surface area contributed by atoms with E-state index in [1.54, 1.807) is 0 Å². The lowest BCUT2D eigenvalue weighted by molar-refractivity contribution is -0.127. The Morgan fingerprint density at radius 1 is 1.61 bits per heavy atom. The number of hydrogen-bond acceptors (Lipinski definition) is 3. The molecule has 2 rings (SSSR count). The van der Waals surface area contributed by atoms with E-state index in [4.69, 9.17) is 0 Å². The number of carbonyl (C=O) groups excluding carboxylic acids is 1. The van der Waals surface area contributed by atoms with Crippen molar-refractivity contribution in [3.8, 4) is 0 Å². The standard InChI is InChI=1S/C13H19BrN2OS/c1-9(8-16-5-3-4-13(16)17)15-7-11-6-12(14)10(2)18-11/h6,9,15H,3-5,7-8H2,1-2H3. The zero-order chi connectivity index (χ0) is 13.1. The van der Waals surface area contributed by atoms with E-state index in [1.807, 2.05) is 16.2 Å². The topological polar surface area (TPSA) is 32.3 Å². The fourth-order valence-electron chi connectivity index (χ4n) is 2.17. The van der Waals surface area contributed by atoms with Crippen molar-refractivity contribution in [1.82, 2.24) is 10.2 Å². The Morgan fingerprint density at radius 2 is 2.39 bits per heavy atom. The van der Waals surface area contributed by atoms with E-state index in [0.717, 1.165) is 32.5 Å². The number of carbonyl (C=O) groups is 1. The highest BCUT2D eigenvalue weighted by atomic mass is 79.9. The van der Waals surface area contributed by atoms with Crippen LogP contribution in [0.4, 0.5) is 0 Å². The number of nitrogens with zero attached hydrogens (tertiary/aromatic N) is 1. The Labute approximate surface area is 121 Å². The van der Waals surface area contributed by atoms with Crippen LogP contribution < -0.4 is 5.32 Å². The maximum Gasteiger partial charge on any atom is 0.222 e. The lowest BCUT2D eigenvalue weighted by atomic mass is 10.3. The monoisotopic (exact) mass is 330 g/mol. The third-order valence-corrected chi connectivity index (χ3v) is 5.34. The third-order valence-electron chi connectivity index (χ3n) is 3.20. The summed E-state index contributed by atoms with van der Waals surface area (Å²) in [6, 6.07) is 2.51. The van der Waals surface area contributed by atoms with Crippen LogP contribution in [-0.4, -0.2) is 29.9 Å². The van der Waals surface area contributed by atoms with Gasteiger partial charge in [-0.15, -0.1) is 11.3 Å². The summed E-state index contributed by atoms with van der Waals surface area (Å²) >= 11 is 5.34. The molecule has 18 heavy (non-hydrogen) atoms. The van der Waals surface area contributed by atoms with Crippen LogP contribution in [0.2, 0.25) is 0 Å². The fourth-order valence-corrected chi connectivity index (χ4v) is 3.72. The first-order valence-corrected chi connectivity index (χ1v) is 7.93. The summed E-state index contributed by atoms with van der Waals surface area (Å²) < 4.78 is 1.19. The zero-order valence-corrected chi connectivity index (χ0v) is 13.2. The molecule has 1 aromatic rings. The Balaban J connectivity index is 1.77. The normalized spacial score (nSPS) is 17.5. The summed E-state index contributed by atoms with van der Waals surface area (Å²) in [4.78, 5) is 16.1. The van der Waals surface area contributed by atoms with Crippen LogP contribution in [0.15, 0.2) is 10.5 Å². The maximum atomic E-state index is 11.5. The smallest absolute Gasteiger partial charge is 0.222 e. The van der Waals surface area contributed by atoms with Crippen LogP contribution in [0, 0.1) is 6.92 Å². The minimum atomic E-state index is 0.304. The van der Waals surface area contributed by atoms with Gasteiger partial charge in [-0.1, -0.05) is 0 Å². The predicted octanol–water partition coefficient (Wildman–Crippen LogP) is 2.92. The molecule has 0 bridgehead atoms. The van der Waals surface area contributed by atoms with E-state index in [2.05, 4.69) is 41.2 Å². The fraction of sp³-hybridized carbons (Fsp3) is 0.615. The molecule has 1 fully saturated rings. The van der Waals surface area contributed by atoms with Crippen molar-refractivity contribution in [2.24, 2.45) is 0 Å². The first-order valence-electron chi connectivity index (χ1n) is 6.32. The molecule has 5 heteroatoms. The average molecular weight is 331 g/mol. The van der Waals surface area contributed by atoms with Gasteiger partial charge in [-0.2, -0.15) is 0 Å². The second kappa shape index (κ2) is 6.17. The van der Waals surface area contributed by atoms with E-state index < -0.39 is 0 Å². The molecule has 2 heterocycles. The second-order valence-corrected chi connectivity index (χ2v) is 7.04. The van der Waals surface area contributed by atoms with E-state index in [1.165, 1.54) is 14.2 Å². The number of thiophene rings is 1. The van der Waals surface area contributed by atoms with Gasteiger partial charge in [-0.3, -0.25) is 4.79 Å². The number of amides is 1. The summed E-state index contributed by atoms with van der Waals surface area (Å²) in [5.74, 6) is 0.304. The van der Waals surface area contributed by atoms with Crippen molar-refractivity contribution in [2.45, 2.75) is 39.3 Å². The molecule has 1 aliphatic heterocycles. The van der Waals surface area contributed by atoms with Crippen molar-refractivity contribution in [3.63, 3.8) is 0 Å². The minimum Gasteiger partial charge on any atom is -0.341 e. The van der Waals surface area contributed by atoms with E-state index in [9.17, 15) is 4.79 Å². The van der Waals surface area contributed by atoms with Gasteiger partial charge in [0.1, 0.15) is 0 Å². The van der Waals surface area contributed by atoms with Gasteiger partial charge in [0, 0.05) is 46.3 Å². The molecule has 1 unspecified atom stereocenters. The second-order valence-electron chi connectivity index (χ2n) is 4.84.